The Hall–Kier alpha value is -8.66. The summed E-state index contributed by atoms with van der Waals surface area (Å²) in [5.74, 6) is 4.12. The lowest BCUT2D eigenvalue weighted by Gasteiger charge is -2.39. The van der Waals surface area contributed by atoms with Crippen molar-refractivity contribution in [1.82, 2.24) is 0 Å². The average Bonchev–Trinajstić information content (AvgIpc) is 1.55. The molecule has 7 aliphatic carbocycles. The van der Waals surface area contributed by atoms with Crippen LogP contribution in [0.25, 0.3) is 34.4 Å². The second-order valence-electron chi connectivity index (χ2n) is 30.2. The summed E-state index contributed by atoms with van der Waals surface area (Å²) in [6.45, 7) is 18.4. The first-order valence-corrected chi connectivity index (χ1v) is 36.8. The summed E-state index contributed by atoms with van der Waals surface area (Å²) >= 11 is 0. The van der Waals surface area contributed by atoms with Crippen LogP contribution >= 0.6 is 0 Å². The van der Waals surface area contributed by atoms with Gasteiger partial charge < -0.3 is 14.5 Å². The third-order valence-electron chi connectivity index (χ3n) is 23.8. The number of para-hydroxylation sites is 1. The molecule has 1 aliphatic heterocycles. The van der Waals surface area contributed by atoms with E-state index in [9.17, 15) is 0 Å². The number of nitrogens with zero attached hydrogens (tertiary/aromatic N) is 2. The largest absolute Gasteiger partial charge is 0.493 e. The number of hydrogen-bond donors (Lipinski definition) is 0. The number of hydrogen-bond acceptors (Lipinski definition) is 3. The smallest absolute Gasteiger partial charge is 0.119 e. The van der Waals surface area contributed by atoms with E-state index in [4.69, 9.17) is 4.74 Å². The highest BCUT2D eigenvalue weighted by molar-refractivity contribution is 5.93. The fourth-order valence-corrected chi connectivity index (χ4v) is 18.3. The van der Waals surface area contributed by atoms with Crippen molar-refractivity contribution in [3.8, 4) is 5.75 Å². The van der Waals surface area contributed by atoms with Gasteiger partial charge >= 0.3 is 0 Å². The summed E-state index contributed by atoms with van der Waals surface area (Å²) in [5, 5.41) is 0. The van der Waals surface area contributed by atoms with E-state index in [1.807, 2.05) is 6.08 Å². The first-order valence-electron chi connectivity index (χ1n) is 36.8. The lowest BCUT2D eigenvalue weighted by Crippen LogP contribution is -2.34. The van der Waals surface area contributed by atoms with Crippen LogP contribution in [0.1, 0.15) is 174 Å². The molecule has 0 aromatic heterocycles. The highest BCUT2D eigenvalue weighted by atomic mass is 16.5. The maximum absolute atomic E-state index is 6.71. The van der Waals surface area contributed by atoms with Crippen molar-refractivity contribution in [2.75, 3.05) is 16.4 Å². The van der Waals surface area contributed by atoms with Crippen molar-refractivity contribution in [3.63, 3.8) is 0 Å². The Morgan fingerprint density at radius 1 is 0.667 bits per heavy atom. The van der Waals surface area contributed by atoms with Gasteiger partial charge in [-0.25, -0.2) is 0 Å². The molecular weight excluding hydrogens is 1160 g/mol. The van der Waals surface area contributed by atoms with E-state index in [2.05, 4.69) is 287 Å². The van der Waals surface area contributed by atoms with Crippen molar-refractivity contribution >= 4 is 51.5 Å². The number of rotatable bonds is 20. The van der Waals surface area contributed by atoms with Gasteiger partial charge in [0.25, 0.3) is 0 Å². The van der Waals surface area contributed by atoms with Crippen LogP contribution in [0, 0.1) is 40.9 Å². The van der Waals surface area contributed by atoms with Gasteiger partial charge in [-0.1, -0.05) is 248 Å². The Morgan fingerprint density at radius 2 is 1.39 bits per heavy atom. The molecule has 7 aromatic rings. The third-order valence-corrected chi connectivity index (χ3v) is 23.8. The van der Waals surface area contributed by atoms with E-state index >= 15 is 0 Å². The highest BCUT2D eigenvalue weighted by Crippen LogP contribution is 2.59. The minimum atomic E-state index is -0.293. The molecule has 3 heteroatoms. The van der Waals surface area contributed by atoms with Crippen molar-refractivity contribution in [2.45, 2.75) is 148 Å². The maximum Gasteiger partial charge on any atom is 0.119 e. The molecule has 1 fully saturated rings. The van der Waals surface area contributed by atoms with Gasteiger partial charge in [0, 0.05) is 46.1 Å². The summed E-state index contributed by atoms with van der Waals surface area (Å²) in [4.78, 5) is 5.44. The quantitative estimate of drug-likeness (QED) is 0.0559. The van der Waals surface area contributed by atoms with Crippen LogP contribution in [0.2, 0.25) is 0 Å². The number of allylic oxidation sites excluding steroid dienone is 13. The minimum absolute atomic E-state index is 0.0933. The van der Waals surface area contributed by atoms with Gasteiger partial charge in [-0.2, -0.15) is 0 Å². The second kappa shape index (κ2) is 27.5. The number of ether oxygens (including phenoxy) is 1. The Balaban J connectivity index is 0.717. The molecule has 8 aliphatic rings. The fraction of sp³-hybridized carbons (Fsp3) is 0.333. The summed E-state index contributed by atoms with van der Waals surface area (Å²) in [6.07, 6.45) is 44.6. The molecule has 1 heterocycles. The van der Waals surface area contributed by atoms with Crippen LogP contribution < -0.4 is 14.5 Å². The molecule has 0 amide bonds. The van der Waals surface area contributed by atoms with E-state index in [0.717, 1.165) is 114 Å². The number of benzene rings is 7. The number of anilines is 3. The highest BCUT2D eigenvalue weighted by Gasteiger charge is 2.50. The van der Waals surface area contributed by atoms with Crippen LogP contribution in [-0.2, 0) is 11.8 Å². The molecule has 0 bridgehead atoms. The predicted molar refractivity (Wildman–Crippen MR) is 408 cm³/mol. The Kier molecular flexibility index (Phi) is 18.1. The van der Waals surface area contributed by atoms with Gasteiger partial charge in [-0.3, -0.25) is 0 Å². The molecule has 15 rings (SSSR count). The molecule has 486 valence electrons. The molecule has 0 N–H and O–H groups in total. The summed E-state index contributed by atoms with van der Waals surface area (Å²) in [7, 11) is 0. The van der Waals surface area contributed by atoms with Crippen LogP contribution in [-0.4, -0.2) is 18.7 Å². The summed E-state index contributed by atoms with van der Waals surface area (Å²) in [6, 6.07) is 67.9. The number of fused-ring (bicyclic) bond motifs is 7. The Bertz CT molecular complexity index is 4250. The minimum Gasteiger partial charge on any atom is -0.493 e. The van der Waals surface area contributed by atoms with E-state index in [1.54, 1.807) is 5.70 Å². The molecule has 96 heavy (non-hydrogen) atoms. The van der Waals surface area contributed by atoms with E-state index in [0.29, 0.717) is 41.0 Å². The van der Waals surface area contributed by atoms with Gasteiger partial charge in [0.2, 0.25) is 0 Å². The summed E-state index contributed by atoms with van der Waals surface area (Å²) in [5.41, 5.74) is 26.3. The molecule has 0 saturated carbocycles. The normalized spacial score (nSPS) is 24.4. The van der Waals surface area contributed by atoms with Gasteiger partial charge in [0.15, 0.2) is 0 Å². The van der Waals surface area contributed by atoms with Crippen LogP contribution in [0.3, 0.4) is 0 Å². The van der Waals surface area contributed by atoms with Crippen molar-refractivity contribution < 1.29 is 4.74 Å². The third kappa shape index (κ3) is 12.5. The van der Waals surface area contributed by atoms with Crippen LogP contribution in [0.15, 0.2) is 261 Å². The maximum atomic E-state index is 6.71. The Labute approximate surface area is 574 Å². The zero-order valence-electron chi connectivity index (χ0n) is 57.5. The van der Waals surface area contributed by atoms with Gasteiger partial charge in [-0.15, -0.1) is 6.58 Å². The monoisotopic (exact) mass is 1260 g/mol. The lowest BCUT2D eigenvalue weighted by molar-refractivity contribution is 0.225. The zero-order valence-corrected chi connectivity index (χ0v) is 57.5. The zero-order chi connectivity index (χ0) is 65.3. The summed E-state index contributed by atoms with van der Waals surface area (Å²) < 4.78 is 6.71. The standard InChI is InChI=1S/C93H98N2O/c1-7-64-27-31-69(32-28-64)72-35-36-74-59-83(53-43-73(74)58-72)96-63-66(9-3)20-18-19-57-93(78-21-12-10-13-22-78)88-26-17-16-25-84(88)85-54-52-82(62-89(85)93)94(80-48-39-68(40-49-80)67-37-46-77(47-38-67)92(4,5)6)81-50-41-71(42-51-81)76-45-56-91-87(61-76)86-60-75(70-33-29-65(8-2)30-34-70)44-55-90(86)95(91)79-23-14-11-15-24-79/h7-8,10-17,21-29,31-34,37,39-43,48-51,53-55,58-59,61-62,65-66,75,77,82,86-87,91H,1-2,9,18-20,30,35-36,38,44-47,52,56-57,60,63H2,3-6H3. The van der Waals surface area contributed by atoms with E-state index < -0.39 is 0 Å². The number of aryl methyl sites for hydroxylation is 1. The number of unbranched alkanes of at least 4 members (excludes halogenated alkanes) is 1. The lowest BCUT2D eigenvalue weighted by atomic mass is 9.67. The SMILES string of the molecule is C=Cc1ccc(C2=Cc3ccc(OCC(CC)CCCCC4(c5ccccc5)C5=CC(N(c6ccc(C7=CC8C9CC(C%10=CCC(C=C)C=C%10)CC=C9N(c9ccccc9)C8CC7)cc6)c6ccc(C7=CCC(C(C)(C)C)CC7)cc6)CC=C5c5ccccc54)cc3CC2)cc1. The molecule has 0 spiro atoms. The topological polar surface area (TPSA) is 15.7 Å². The predicted octanol–water partition coefficient (Wildman–Crippen LogP) is 24.2. The molecular formula is C93H98N2O. The van der Waals surface area contributed by atoms with E-state index in [1.165, 1.54) is 108 Å². The fourth-order valence-electron chi connectivity index (χ4n) is 18.3. The van der Waals surface area contributed by atoms with E-state index in [-0.39, 0.29) is 11.5 Å². The molecule has 3 nitrogen and oxygen atoms in total. The van der Waals surface area contributed by atoms with Gasteiger partial charge in [-0.05, 0) is 245 Å². The average molecular weight is 1260 g/mol. The van der Waals surface area contributed by atoms with Crippen molar-refractivity contribution in [1.29, 1.82) is 0 Å². The molecule has 7 aromatic carbocycles. The van der Waals surface area contributed by atoms with Crippen LogP contribution in [0.4, 0.5) is 17.1 Å². The molecule has 9 unspecified atom stereocenters. The van der Waals surface area contributed by atoms with Crippen molar-refractivity contribution in [3.05, 3.63) is 311 Å². The first kappa shape index (κ1) is 63.4. The van der Waals surface area contributed by atoms with Crippen molar-refractivity contribution in [2.24, 2.45) is 40.9 Å². The molecule has 0 radical (unpaired) electrons. The van der Waals surface area contributed by atoms with Gasteiger partial charge in [0.1, 0.15) is 5.75 Å². The molecule has 9 atom stereocenters. The Morgan fingerprint density at radius 3 is 2.09 bits per heavy atom. The van der Waals surface area contributed by atoms with Gasteiger partial charge in [0.05, 0.1) is 12.6 Å². The molecule has 1 saturated heterocycles. The second-order valence-corrected chi connectivity index (χ2v) is 30.2. The van der Waals surface area contributed by atoms with Crippen LogP contribution in [0.5, 0.6) is 5.75 Å². The first-order chi connectivity index (χ1) is 47.0.